The highest BCUT2D eigenvalue weighted by Crippen LogP contribution is 2.24. The van der Waals surface area contributed by atoms with Crippen LogP contribution in [0.4, 0.5) is 0 Å². The number of amides is 1. The number of hydrogen-bond donors (Lipinski definition) is 1. The van der Waals surface area contributed by atoms with E-state index < -0.39 is 0 Å². The molecule has 0 aliphatic heterocycles. The lowest BCUT2D eigenvalue weighted by Gasteiger charge is -2.11. The van der Waals surface area contributed by atoms with E-state index in [2.05, 4.69) is 10.3 Å². The molecule has 1 N–H and O–H groups in total. The van der Waals surface area contributed by atoms with E-state index in [1.54, 1.807) is 11.3 Å². The molecule has 3 nitrogen and oxygen atoms in total. The summed E-state index contributed by atoms with van der Waals surface area (Å²) in [5, 5.41) is 6.79. The molecule has 0 unspecified atom stereocenters. The smallest absolute Gasteiger partial charge is 0.233 e. The number of carbonyl (C=O) groups is 1. The van der Waals surface area contributed by atoms with Crippen molar-refractivity contribution >= 4 is 39.9 Å². The summed E-state index contributed by atoms with van der Waals surface area (Å²) in [6, 6.07) is 16.0. The third kappa shape index (κ3) is 3.67. The second kappa shape index (κ2) is 6.94. The summed E-state index contributed by atoms with van der Waals surface area (Å²) >= 11 is 3.13. The molecule has 112 valence electrons. The van der Waals surface area contributed by atoms with Crippen molar-refractivity contribution in [3.63, 3.8) is 0 Å². The lowest BCUT2D eigenvalue weighted by atomic mass is 10.2. The van der Waals surface area contributed by atoms with Gasteiger partial charge in [-0.25, -0.2) is 4.98 Å². The molecule has 2 heterocycles. The minimum absolute atomic E-state index is 0.0355. The van der Waals surface area contributed by atoms with Crippen LogP contribution in [0, 0.1) is 0 Å². The van der Waals surface area contributed by atoms with Crippen molar-refractivity contribution in [3.05, 3.63) is 58.8 Å². The first-order chi connectivity index (χ1) is 10.7. The van der Waals surface area contributed by atoms with E-state index >= 15 is 0 Å². The fourth-order valence-electron chi connectivity index (χ4n) is 2.08. The molecule has 0 aliphatic carbocycles. The Bertz CT molecular complexity index is 771. The van der Waals surface area contributed by atoms with Gasteiger partial charge in [0.15, 0.2) is 0 Å². The van der Waals surface area contributed by atoms with E-state index in [1.807, 2.05) is 60.8 Å². The second-order valence-corrected chi connectivity index (χ2v) is 7.29. The van der Waals surface area contributed by atoms with Gasteiger partial charge in [-0.2, -0.15) is 0 Å². The van der Waals surface area contributed by atoms with E-state index in [1.165, 1.54) is 11.8 Å². The number of hydrogen-bond acceptors (Lipinski definition) is 4. The van der Waals surface area contributed by atoms with Crippen LogP contribution in [0.2, 0.25) is 0 Å². The number of nitrogens with zero attached hydrogens (tertiary/aromatic N) is 1. The van der Waals surface area contributed by atoms with Gasteiger partial charge in [0.1, 0.15) is 0 Å². The average molecular weight is 328 g/mol. The Morgan fingerprint density at radius 3 is 2.91 bits per heavy atom. The quantitative estimate of drug-likeness (QED) is 0.717. The van der Waals surface area contributed by atoms with Gasteiger partial charge in [-0.3, -0.25) is 4.79 Å². The van der Waals surface area contributed by atoms with Crippen LogP contribution in [-0.4, -0.2) is 16.1 Å². The molecule has 0 saturated carbocycles. The molecule has 3 rings (SSSR count). The van der Waals surface area contributed by atoms with Gasteiger partial charge in [0.2, 0.25) is 5.91 Å². The van der Waals surface area contributed by atoms with Crippen molar-refractivity contribution in [2.45, 2.75) is 23.7 Å². The van der Waals surface area contributed by atoms with Gasteiger partial charge in [-0.1, -0.05) is 42.1 Å². The Morgan fingerprint density at radius 1 is 1.23 bits per heavy atom. The number of para-hydroxylation sites is 1. The Kier molecular flexibility index (Phi) is 4.75. The number of rotatable bonds is 5. The molecule has 3 aromatic rings. The number of thiophene rings is 1. The van der Waals surface area contributed by atoms with Gasteiger partial charge in [0, 0.05) is 10.3 Å². The number of carbonyl (C=O) groups excluding carboxylic acids is 1. The molecular formula is C17H16N2OS2. The van der Waals surface area contributed by atoms with Crippen LogP contribution in [-0.2, 0) is 11.3 Å². The normalized spacial score (nSPS) is 12.2. The van der Waals surface area contributed by atoms with Gasteiger partial charge < -0.3 is 5.32 Å². The van der Waals surface area contributed by atoms with Gasteiger partial charge in [-0.05, 0) is 30.5 Å². The summed E-state index contributed by atoms with van der Waals surface area (Å²) in [5.74, 6) is 0.0355. The van der Waals surface area contributed by atoms with Gasteiger partial charge in [-0.15, -0.1) is 11.3 Å². The van der Waals surface area contributed by atoms with Crippen molar-refractivity contribution < 1.29 is 4.79 Å². The molecule has 0 aliphatic rings. The number of benzene rings is 1. The summed E-state index contributed by atoms with van der Waals surface area (Å²) in [7, 11) is 0. The second-order valence-electron chi connectivity index (χ2n) is 4.90. The highest BCUT2D eigenvalue weighted by Gasteiger charge is 2.15. The Balaban J connectivity index is 1.61. The third-order valence-electron chi connectivity index (χ3n) is 3.26. The molecule has 5 heteroatoms. The maximum Gasteiger partial charge on any atom is 0.233 e. The lowest BCUT2D eigenvalue weighted by Crippen LogP contribution is -2.30. The molecule has 0 fully saturated rings. The van der Waals surface area contributed by atoms with Crippen molar-refractivity contribution in [1.82, 2.24) is 10.3 Å². The third-order valence-corrected chi connectivity index (χ3v) is 5.17. The molecule has 0 bridgehead atoms. The van der Waals surface area contributed by atoms with E-state index in [9.17, 15) is 4.79 Å². The van der Waals surface area contributed by atoms with Gasteiger partial charge >= 0.3 is 0 Å². The standard InChI is InChI=1S/C17H16N2OS2/c1-12(17(20)18-11-14-6-4-10-21-14)22-16-9-8-13-5-2-3-7-15(13)19-16/h2-10,12H,11H2,1H3,(H,18,20)/t12-/m1/s1. The number of thioether (sulfide) groups is 1. The van der Waals surface area contributed by atoms with Crippen molar-refractivity contribution in [1.29, 1.82) is 0 Å². The number of fused-ring (bicyclic) bond motifs is 1. The topological polar surface area (TPSA) is 42.0 Å². The van der Waals surface area contributed by atoms with E-state index in [-0.39, 0.29) is 11.2 Å². The first kappa shape index (κ1) is 15.1. The molecule has 1 aromatic carbocycles. The SMILES string of the molecule is C[C@@H](Sc1ccc2ccccc2n1)C(=O)NCc1cccs1. The summed E-state index contributed by atoms with van der Waals surface area (Å²) in [6.07, 6.45) is 0. The zero-order chi connectivity index (χ0) is 15.4. The highest BCUT2D eigenvalue weighted by molar-refractivity contribution is 8.00. The maximum atomic E-state index is 12.2. The number of aromatic nitrogens is 1. The fourth-order valence-corrected chi connectivity index (χ4v) is 3.57. The Hall–Kier alpha value is -1.85. The molecule has 1 amide bonds. The lowest BCUT2D eigenvalue weighted by molar-refractivity contribution is -0.120. The van der Waals surface area contributed by atoms with Crippen LogP contribution in [0.5, 0.6) is 0 Å². The Morgan fingerprint density at radius 2 is 2.09 bits per heavy atom. The molecule has 1 atom stereocenters. The minimum atomic E-state index is -0.173. The molecule has 0 spiro atoms. The molecule has 0 radical (unpaired) electrons. The van der Waals surface area contributed by atoms with Gasteiger partial charge in [0.25, 0.3) is 0 Å². The predicted molar refractivity (Wildman–Crippen MR) is 93.2 cm³/mol. The van der Waals surface area contributed by atoms with Crippen LogP contribution >= 0.6 is 23.1 Å². The van der Waals surface area contributed by atoms with Gasteiger partial charge in [0.05, 0.1) is 22.3 Å². The minimum Gasteiger partial charge on any atom is -0.350 e. The monoisotopic (exact) mass is 328 g/mol. The van der Waals surface area contributed by atoms with E-state index in [4.69, 9.17) is 0 Å². The van der Waals surface area contributed by atoms with E-state index in [0.29, 0.717) is 6.54 Å². The molecule has 2 aromatic heterocycles. The van der Waals surface area contributed by atoms with E-state index in [0.717, 1.165) is 20.8 Å². The van der Waals surface area contributed by atoms with Crippen LogP contribution in [0.15, 0.2) is 58.9 Å². The molecule has 0 saturated heterocycles. The zero-order valence-corrected chi connectivity index (χ0v) is 13.8. The number of pyridine rings is 1. The van der Waals surface area contributed by atoms with Crippen molar-refractivity contribution in [3.8, 4) is 0 Å². The molecular weight excluding hydrogens is 312 g/mol. The first-order valence-corrected chi connectivity index (χ1v) is 8.81. The summed E-state index contributed by atoms with van der Waals surface area (Å²) in [5.41, 5.74) is 0.957. The zero-order valence-electron chi connectivity index (χ0n) is 12.2. The van der Waals surface area contributed by atoms with Crippen LogP contribution in [0.3, 0.4) is 0 Å². The number of nitrogens with one attached hydrogen (secondary N) is 1. The first-order valence-electron chi connectivity index (χ1n) is 7.05. The summed E-state index contributed by atoms with van der Waals surface area (Å²) < 4.78 is 0. The van der Waals surface area contributed by atoms with Crippen LogP contribution in [0.1, 0.15) is 11.8 Å². The fraction of sp³-hybridized carbons (Fsp3) is 0.176. The largest absolute Gasteiger partial charge is 0.350 e. The predicted octanol–water partition coefficient (Wildman–Crippen LogP) is 4.09. The highest BCUT2D eigenvalue weighted by atomic mass is 32.2. The van der Waals surface area contributed by atoms with Crippen molar-refractivity contribution in [2.24, 2.45) is 0 Å². The summed E-state index contributed by atoms with van der Waals surface area (Å²) in [4.78, 5) is 17.9. The maximum absolute atomic E-state index is 12.2. The summed E-state index contributed by atoms with van der Waals surface area (Å²) in [6.45, 7) is 2.50. The van der Waals surface area contributed by atoms with Crippen LogP contribution in [0.25, 0.3) is 10.9 Å². The Labute approximate surface area is 137 Å². The molecule has 22 heavy (non-hydrogen) atoms. The van der Waals surface area contributed by atoms with Crippen LogP contribution < -0.4 is 5.32 Å². The van der Waals surface area contributed by atoms with Crippen molar-refractivity contribution in [2.75, 3.05) is 0 Å². The average Bonchev–Trinajstić information content (AvgIpc) is 3.06.